The van der Waals surface area contributed by atoms with E-state index in [9.17, 15) is 4.79 Å². The van der Waals surface area contributed by atoms with Gasteiger partial charge in [0, 0.05) is 30.4 Å². The average Bonchev–Trinajstić information content (AvgIpc) is 3.05. The molecule has 10 nitrogen and oxygen atoms in total. The fraction of sp³-hybridized carbons (Fsp3) is 0.222. The minimum absolute atomic E-state index is 0.0416. The lowest BCUT2D eigenvalue weighted by molar-refractivity contribution is -0.117. The molecule has 0 spiro atoms. The Morgan fingerprint density at radius 3 is 2.76 bits per heavy atom. The number of nitrogens with one attached hydrogen (secondary N) is 2. The first-order valence-electron chi connectivity index (χ1n) is 11.9. The van der Waals surface area contributed by atoms with Crippen LogP contribution in [-0.4, -0.2) is 60.5 Å². The van der Waals surface area contributed by atoms with Crippen LogP contribution < -0.4 is 16.0 Å². The van der Waals surface area contributed by atoms with E-state index in [1.807, 2.05) is 66.4 Å². The molecule has 10 heteroatoms. The number of carbonyl (C=O) groups excluding carboxylic acids is 1. The van der Waals surface area contributed by atoms with E-state index in [4.69, 9.17) is 20.6 Å². The standard InChI is InChI=1S/C27H27N7O3/c1-17-16-34(14-15-36-17)25-20(11-7-13-30-25)23(28)37-27(29)33-24-26(35)31-21-12-6-5-10-19(21)22(32-24)18-8-3-2-4-9-18/h2-13,17,24,28H,14-16H2,1H3,(H2,29,33)(H,31,35)/t17-,24?/m1/s1. The fourth-order valence-corrected chi connectivity index (χ4v) is 4.30. The lowest BCUT2D eigenvalue weighted by Crippen LogP contribution is -2.42. The fourth-order valence-electron chi connectivity index (χ4n) is 4.30. The number of ether oxygens (including phenoxy) is 2. The summed E-state index contributed by atoms with van der Waals surface area (Å²) in [5, 5.41) is 11.4. The number of fused-ring (bicyclic) bond motifs is 1. The van der Waals surface area contributed by atoms with E-state index in [1.165, 1.54) is 0 Å². The summed E-state index contributed by atoms with van der Waals surface area (Å²) in [6.45, 7) is 3.84. The molecular formula is C27H27N7O3. The van der Waals surface area contributed by atoms with Crippen LogP contribution in [0.3, 0.4) is 0 Å². The van der Waals surface area contributed by atoms with Gasteiger partial charge < -0.3 is 25.4 Å². The Morgan fingerprint density at radius 2 is 1.95 bits per heavy atom. The molecule has 2 aromatic carbocycles. The molecule has 0 aliphatic carbocycles. The number of amides is 1. The third kappa shape index (κ3) is 5.34. The van der Waals surface area contributed by atoms with Gasteiger partial charge in [0.1, 0.15) is 5.82 Å². The Hall–Kier alpha value is -4.57. The molecule has 2 aliphatic rings. The number of hydrogen-bond donors (Lipinski definition) is 3. The molecule has 0 saturated carbocycles. The van der Waals surface area contributed by atoms with E-state index in [0.717, 1.165) is 11.1 Å². The molecule has 0 radical (unpaired) electrons. The van der Waals surface area contributed by atoms with Crippen molar-refractivity contribution in [1.82, 2.24) is 4.98 Å². The van der Waals surface area contributed by atoms with E-state index in [0.29, 0.717) is 42.5 Å². The highest BCUT2D eigenvalue weighted by molar-refractivity contribution is 6.19. The van der Waals surface area contributed by atoms with E-state index >= 15 is 0 Å². The first kappa shape index (κ1) is 24.1. The Morgan fingerprint density at radius 1 is 1.16 bits per heavy atom. The number of nitrogens with two attached hydrogens (primary N) is 1. The van der Waals surface area contributed by atoms with Crippen molar-refractivity contribution in [3.05, 3.63) is 89.6 Å². The second-order valence-electron chi connectivity index (χ2n) is 8.65. The maximum absolute atomic E-state index is 13.0. The van der Waals surface area contributed by atoms with E-state index in [-0.39, 0.29) is 18.0 Å². The van der Waals surface area contributed by atoms with Crippen LogP contribution in [0.1, 0.15) is 23.6 Å². The largest absolute Gasteiger partial charge is 0.407 e. The van der Waals surface area contributed by atoms with Crippen molar-refractivity contribution >= 4 is 35.0 Å². The van der Waals surface area contributed by atoms with E-state index in [1.54, 1.807) is 18.3 Å². The van der Waals surface area contributed by atoms with Crippen LogP contribution in [0.25, 0.3) is 0 Å². The minimum Gasteiger partial charge on any atom is -0.407 e. The van der Waals surface area contributed by atoms with Gasteiger partial charge >= 0.3 is 0 Å². The Labute approximate surface area is 214 Å². The van der Waals surface area contributed by atoms with Crippen molar-refractivity contribution < 1.29 is 14.3 Å². The van der Waals surface area contributed by atoms with Gasteiger partial charge in [-0.05, 0) is 25.1 Å². The normalized spacial score (nSPS) is 19.8. The van der Waals surface area contributed by atoms with Crippen LogP contribution >= 0.6 is 0 Å². The summed E-state index contributed by atoms with van der Waals surface area (Å²) >= 11 is 0. The van der Waals surface area contributed by atoms with Gasteiger partial charge in [0.2, 0.25) is 12.1 Å². The van der Waals surface area contributed by atoms with Gasteiger partial charge in [-0.2, -0.15) is 4.99 Å². The minimum atomic E-state index is -1.20. The summed E-state index contributed by atoms with van der Waals surface area (Å²) in [6, 6.07) is 20.1. The maximum Gasteiger partial charge on any atom is 0.291 e. The van der Waals surface area contributed by atoms with Crippen LogP contribution in [0.4, 0.5) is 11.5 Å². The highest BCUT2D eigenvalue weighted by Gasteiger charge is 2.27. The molecule has 5 rings (SSSR count). The molecule has 3 aromatic rings. The molecule has 2 atom stereocenters. The topological polar surface area (TPSA) is 138 Å². The van der Waals surface area contributed by atoms with Gasteiger partial charge in [0.05, 0.1) is 29.7 Å². The Kier molecular flexibility index (Phi) is 6.91. The van der Waals surface area contributed by atoms with Crippen LogP contribution in [0.5, 0.6) is 0 Å². The number of benzodiazepines with no additional fused rings is 1. The zero-order valence-electron chi connectivity index (χ0n) is 20.3. The van der Waals surface area contributed by atoms with Crippen LogP contribution in [0.15, 0.2) is 82.9 Å². The second kappa shape index (κ2) is 10.6. The number of morpholine rings is 1. The lowest BCUT2D eigenvalue weighted by Gasteiger charge is -2.33. The number of hydrogen-bond acceptors (Lipinski definition) is 8. The molecule has 4 N–H and O–H groups in total. The van der Waals surface area contributed by atoms with Crippen molar-refractivity contribution in [3.63, 3.8) is 0 Å². The van der Waals surface area contributed by atoms with Gasteiger partial charge in [-0.3, -0.25) is 10.2 Å². The van der Waals surface area contributed by atoms with Gasteiger partial charge in [-0.1, -0.05) is 48.5 Å². The maximum atomic E-state index is 13.0. The monoisotopic (exact) mass is 497 g/mol. The SMILES string of the molecule is C[C@@H]1CN(c2ncccc2C(=N)O/C(N)=N/C2N=C(c3ccccc3)c3ccccc3NC2=O)CCO1. The number of pyridine rings is 1. The summed E-state index contributed by atoms with van der Waals surface area (Å²) in [5.74, 6) is -0.0867. The van der Waals surface area contributed by atoms with E-state index < -0.39 is 12.1 Å². The predicted molar refractivity (Wildman–Crippen MR) is 142 cm³/mol. The number of para-hydroxylation sites is 1. The van der Waals surface area contributed by atoms with E-state index in [2.05, 4.69) is 20.3 Å². The Bertz CT molecular complexity index is 1370. The lowest BCUT2D eigenvalue weighted by atomic mass is 10.0. The molecule has 1 saturated heterocycles. The quantitative estimate of drug-likeness (QED) is 0.374. The molecule has 1 aromatic heterocycles. The number of nitrogens with zero attached hydrogens (tertiary/aromatic N) is 4. The molecule has 37 heavy (non-hydrogen) atoms. The van der Waals surface area contributed by atoms with Crippen molar-refractivity contribution in [2.45, 2.75) is 19.2 Å². The molecule has 1 unspecified atom stereocenters. The molecule has 2 aliphatic heterocycles. The number of rotatable bonds is 4. The van der Waals surface area contributed by atoms with Crippen LogP contribution in [0, 0.1) is 5.41 Å². The molecular weight excluding hydrogens is 470 g/mol. The van der Waals surface area contributed by atoms with Crippen molar-refractivity contribution in [2.24, 2.45) is 15.7 Å². The third-order valence-corrected chi connectivity index (χ3v) is 6.00. The Balaban J connectivity index is 1.42. The summed E-state index contributed by atoms with van der Waals surface area (Å²) in [5.41, 5.74) is 9.36. The van der Waals surface area contributed by atoms with Gasteiger partial charge in [0.15, 0.2) is 0 Å². The highest BCUT2D eigenvalue weighted by atomic mass is 16.5. The zero-order valence-corrected chi connectivity index (χ0v) is 20.3. The number of aliphatic imine (C=N–C) groups is 2. The summed E-state index contributed by atoms with van der Waals surface area (Å²) < 4.78 is 11.2. The first-order valence-corrected chi connectivity index (χ1v) is 11.9. The number of carbonyl (C=O) groups is 1. The predicted octanol–water partition coefficient (Wildman–Crippen LogP) is 2.78. The second-order valence-corrected chi connectivity index (χ2v) is 8.65. The number of anilines is 2. The van der Waals surface area contributed by atoms with Crippen LogP contribution in [-0.2, 0) is 14.3 Å². The molecule has 1 fully saturated rings. The summed E-state index contributed by atoms with van der Waals surface area (Å²) in [6.07, 6.45) is 0.501. The molecule has 188 valence electrons. The third-order valence-electron chi connectivity index (χ3n) is 6.00. The van der Waals surface area contributed by atoms with Crippen molar-refractivity contribution in [1.29, 1.82) is 5.41 Å². The average molecular weight is 498 g/mol. The number of aromatic nitrogens is 1. The molecule has 1 amide bonds. The number of benzene rings is 2. The van der Waals surface area contributed by atoms with Gasteiger partial charge in [0.25, 0.3) is 11.9 Å². The highest BCUT2D eigenvalue weighted by Crippen LogP contribution is 2.25. The van der Waals surface area contributed by atoms with Crippen LogP contribution in [0.2, 0.25) is 0 Å². The zero-order chi connectivity index (χ0) is 25.8. The molecule has 0 bridgehead atoms. The summed E-state index contributed by atoms with van der Waals surface area (Å²) in [7, 11) is 0. The molecule has 3 heterocycles. The summed E-state index contributed by atoms with van der Waals surface area (Å²) in [4.78, 5) is 28.4. The van der Waals surface area contributed by atoms with Gasteiger partial charge in [-0.15, -0.1) is 0 Å². The smallest absolute Gasteiger partial charge is 0.291 e. The van der Waals surface area contributed by atoms with Crippen molar-refractivity contribution in [2.75, 3.05) is 29.9 Å². The first-order chi connectivity index (χ1) is 18.0. The van der Waals surface area contributed by atoms with Crippen molar-refractivity contribution in [3.8, 4) is 0 Å². The van der Waals surface area contributed by atoms with Gasteiger partial charge in [-0.25, -0.2) is 9.98 Å². The number of amidine groups is 1.